The van der Waals surface area contributed by atoms with Gasteiger partial charge < -0.3 is 30.2 Å². The molecule has 44 heavy (non-hydrogen) atoms. The first-order chi connectivity index (χ1) is 21.3. The minimum absolute atomic E-state index is 0.0107. The number of pyridine rings is 1. The van der Waals surface area contributed by atoms with Gasteiger partial charge in [0.15, 0.2) is 5.82 Å². The van der Waals surface area contributed by atoms with Gasteiger partial charge in [0.1, 0.15) is 16.9 Å². The molecule has 1 aliphatic heterocycles. The summed E-state index contributed by atoms with van der Waals surface area (Å²) < 4.78 is 10.2. The minimum Gasteiger partial charge on any atom is -0.494 e. The van der Waals surface area contributed by atoms with Crippen LogP contribution in [0.4, 0.5) is 0 Å². The Labute approximate surface area is 254 Å². The molecule has 224 valence electrons. The third-order valence-corrected chi connectivity index (χ3v) is 9.89. The minimum atomic E-state index is -0.453. The van der Waals surface area contributed by atoms with Crippen LogP contribution in [0.5, 0.6) is 5.75 Å². The van der Waals surface area contributed by atoms with Crippen LogP contribution in [0.15, 0.2) is 54.6 Å². The van der Waals surface area contributed by atoms with Crippen LogP contribution in [0.25, 0.3) is 44.8 Å². The number of methoxy groups -OCH3 is 1. The average Bonchev–Trinajstić information content (AvgIpc) is 3.44. The van der Waals surface area contributed by atoms with E-state index in [0.29, 0.717) is 40.8 Å². The molecular weight excluding hydrogens is 554 g/mol. The topological polar surface area (TPSA) is 134 Å². The van der Waals surface area contributed by atoms with Gasteiger partial charge in [-0.1, -0.05) is 12.1 Å². The summed E-state index contributed by atoms with van der Waals surface area (Å²) in [4.78, 5) is 37.4. The molecule has 2 aromatic carbocycles. The van der Waals surface area contributed by atoms with Crippen LogP contribution in [0.2, 0.25) is 0 Å². The number of amides is 2. The van der Waals surface area contributed by atoms with Crippen molar-refractivity contribution in [2.45, 2.75) is 44.3 Å². The van der Waals surface area contributed by atoms with Gasteiger partial charge in [0.2, 0.25) is 5.91 Å². The molecule has 2 amide bonds. The Morgan fingerprint density at radius 3 is 2.43 bits per heavy atom. The first-order valence-electron chi connectivity index (χ1n) is 15.3. The number of piperidine rings is 1. The number of nitrogens with zero attached hydrogens (tertiary/aromatic N) is 5. The lowest BCUT2D eigenvalue weighted by molar-refractivity contribution is 0.0700. The monoisotopic (exact) mass is 589 g/mol. The van der Waals surface area contributed by atoms with Crippen LogP contribution in [0, 0.1) is 11.8 Å². The van der Waals surface area contributed by atoms with Gasteiger partial charge in [-0.05, 0) is 80.0 Å². The number of likely N-dealkylation sites (tertiary alicyclic amines) is 1. The van der Waals surface area contributed by atoms with Gasteiger partial charge in [0, 0.05) is 54.3 Å². The fraction of sp³-hybridized carbons (Fsp3) is 0.353. The summed E-state index contributed by atoms with van der Waals surface area (Å²) in [5, 5.41) is 1.02. The molecule has 2 saturated carbocycles. The van der Waals surface area contributed by atoms with Crippen molar-refractivity contribution in [2.75, 3.05) is 13.7 Å². The molecule has 3 fully saturated rings. The second kappa shape index (κ2) is 9.92. The molecule has 3 aromatic heterocycles. The van der Waals surface area contributed by atoms with Gasteiger partial charge in [0.05, 0.1) is 24.0 Å². The highest BCUT2D eigenvalue weighted by Crippen LogP contribution is 2.40. The number of ether oxygens (including phenoxy) is 1. The van der Waals surface area contributed by atoms with Crippen molar-refractivity contribution in [3.63, 3.8) is 0 Å². The maximum atomic E-state index is 13.7. The number of hydrogen-bond donors (Lipinski definition) is 2. The molecule has 1 saturated heterocycles. The molecule has 5 aromatic rings. The predicted octanol–water partition coefficient (Wildman–Crippen LogP) is 4.34. The zero-order valence-corrected chi connectivity index (χ0v) is 24.9. The lowest BCUT2D eigenvalue weighted by Crippen LogP contribution is -2.41. The molecule has 4 heterocycles. The molecular formula is C34H35N7O3. The number of carbonyl (C=O) groups is 2. The third kappa shape index (κ3) is 4.19. The van der Waals surface area contributed by atoms with Crippen LogP contribution < -0.4 is 16.2 Å². The average molecular weight is 590 g/mol. The Kier molecular flexibility index (Phi) is 6.06. The van der Waals surface area contributed by atoms with E-state index in [2.05, 4.69) is 21.3 Å². The summed E-state index contributed by atoms with van der Waals surface area (Å²) in [7, 11) is 3.63. The fourth-order valence-corrected chi connectivity index (χ4v) is 7.29. The summed E-state index contributed by atoms with van der Waals surface area (Å²) in [5.41, 5.74) is 18.0. The van der Waals surface area contributed by atoms with Crippen LogP contribution in [0.3, 0.4) is 0 Å². The van der Waals surface area contributed by atoms with Crippen molar-refractivity contribution >= 4 is 33.9 Å². The van der Waals surface area contributed by atoms with E-state index < -0.39 is 5.91 Å². The highest BCUT2D eigenvalue weighted by atomic mass is 16.5. The SMILES string of the molecule is COc1cc(C(=O)N2C[C@H]3CC[C@@H]2[C@@H]3N)cc2nc(-c3cc4ccc(-c5ccc(C(N)=O)cc5)nc4n3CC3CC3)n(C)c12. The molecule has 3 aliphatic rings. The number of imidazole rings is 1. The molecule has 0 radical (unpaired) electrons. The summed E-state index contributed by atoms with van der Waals surface area (Å²) >= 11 is 0. The lowest BCUT2D eigenvalue weighted by Gasteiger charge is -2.27. The second-order valence-corrected chi connectivity index (χ2v) is 12.6. The molecule has 0 spiro atoms. The van der Waals surface area contributed by atoms with E-state index in [1.807, 2.05) is 42.3 Å². The van der Waals surface area contributed by atoms with Crippen molar-refractivity contribution in [1.29, 1.82) is 0 Å². The van der Waals surface area contributed by atoms with E-state index in [9.17, 15) is 9.59 Å². The van der Waals surface area contributed by atoms with Crippen LogP contribution in [-0.2, 0) is 13.6 Å². The van der Waals surface area contributed by atoms with E-state index in [-0.39, 0.29) is 18.0 Å². The van der Waals surface area contributed by atoms with Crippen LogP contribution in [0.1, 0.15) is 46.4 Å². The van der Waals surface area contributed by atoms with Crippen LogP contribution in [-0.4, -0.2) is 61.6 Å². The first-order valence-corrected chi connectivity index (χ1v) is 15.3. The maximum Gasteiger partial charge on any atom is 0.254 e. The summed E-state index contributed by atoms with van der Waals surface area (Å²) in [6.45, 7) is 1.56. The molecule has 3 atom stereocenters. The van der Waals surface area contributed by atoms with Gasteiger partial charge in [-0.3, -0.25) is 9.59 Å². The predicted molar refractivity (Wildman–Crippen MR) is 168 cm³/mol. The smallest absolute Gasteiger partial charge is 0.254 e. The lowest BCUT2D eigenvalue weighted by atomic mass is 10.1. The number of nitrogens with two attached hydrogens (primary N) is 2. The number of carbonyl (C=O) groups excluding carboxylic acids is 2. The van der Waals surface area contributed by atoms with Gasteiger partial charge >= 0.3 is 0 Å². The number of rotatable bonds is 7. The quantitative estimate of drug-likeness (QED) is 0.290. The highest BCUT2D eigenvalue weighted by molar-refractivity contribution is 6.00. The Balaban J connectivity index is 1.22. The number of hydrogen-bond acceptors (Lipinski definition) is 6. The summed E-state index contributed by atoms with van der Waals surface area (Å²) in [5.74, 6) is 1.92. The molecule has 8 rings (SSSR count). The van der Waals surface area contributed by atoms with Gasteiger partial charge in [-0.15, -0.1) is 0 Å². The van der Waals surface area contributed by atoms with Crippen molar-refractivity contribution in [3.05, 3.63) is 65.7 Å². The first kappa shape index (κ1) is 26.9. The largest absolute Gasteiger partial charge is 0.494 e. The van der Waals surface area contributed by atoms with E-state index in [4.69, 9.17) is 26.2 Å². The number of benzene rings is 2. The van der Waals surface area contributed by atoms with E-state index in [1.54, 1.807) is 19.2 Å². The molecule has 4 N–H and O–H groups in total. The van der Waals surface area contributed by atoms with E-state index >= 15 is 0 Å². The van der Waals surface area contributed by atoms with Gasteiger partial charge in [0.25, 0.3) is 5.91 Å². The third-order valence-electron chi connectivity index (χ3n) is 9.89. The molecule has 10 nitrogen and oxygen atoms in total. The normalized spacial score (nSPS) is 21.1. The number of aryl methyl sites for hydroxylation is 1. The summed E-state index contributed by atoms with van der Waals surface area (Å²) in [6, 6.07) is 17.3. The zero-order valence-electron chi connectivity index (χ0n) is 24.9. The van der Waals surface area contributed by atoms with E-state index in [0.717, 1.165) is 58.7 Å². The number of aromatic nitrogens is 4. The second-order valence-electron chi connectivity index (χ2n) is 12.6. The number of primary amides is 1. The zero-order chi connectivity index (χ0) is 30.3. The molecule has 2 aliphatic carbocycles. The van der Waals surface area contributed by atoms with Crippen LogP contribution >= 0.6 is 0 Å². The maximum absolute atomic E-state index is 13.7. The highest BCUT2D eigenvalue weighted by Gasteiger charge is 2.47. The van der Waals surface area contributed by atoms with Crippen molar-refractivity contribution in [1.82, 2.24) is 24.0 Å². The van der Waals surface area contributed by atoms with Crippen molar-refractivity contribution < 1.29 is 14.3 Å². The molecule has 0 unspecified atom stereocenters. The Hall–Kier alpha value is -4.70. The summed E-state index contributed by atoms with van der Waals surface area (Å²) in [6.07, 6.45) is 4.44. The molecule has 2 bridgehead atoms. The standard InChI is InChI=1S/C34H35N7O3/c1-39-30-25(13-23(15-28(30)44-2)34(43)41-17-22-10-12-26(41)29(22)35)38-33(39)27-14-21-9-11-24(19-5-7-20(8-6-19)31(36)42)37-32(21)40(27)16-18-3-4-18/h5-9,11,13-15,18,22,26,29H,3-4,10,12,16-17,35H2,1-2H3,(H2,36,42)/t22-,26-,29-/m1/s1. The van der Waals surface area contributed by atoms with E-state index in [1.165, 1.54) is 12.8 Å². The van der Waals surface area contributed by atoms with Gasteiger partial charge in [-0.25, -0.2) is 9.97 Å². The Morgan fingerprint density at radius 1 is 0.977 bits per heavy atom. The van der Waals surface area contributed by atoms with Crippen molar-refractivity contribution in [3.8, 4) is 28.5 Å². The Bertz CT molecular complexity index is 1970. The van der Waals surface area contributed by atoms with Gasteiger partial charge in [-0.2, -0.15) is 0 Å². The number of fused-ring (bicyclic) bond motifs is 4. The fourth-order valence-electron chi connectivity index (χ4n) is 7.29. The Morgan fingerprint density at radius 2 is 1.77 bits per heavy atom. The molecule has 10 heteroatoms. The van der Waals surface area contributed by atoms with Crippen molar-refractivity contribution in [2.24, 2.45) is 30.4 Å².